The first-order chi connectivity index (χ1) is 16.8. The summed E-state index contributed by atoms with van der Waals surface area (Å²) < 4.78 is 28.9. The summed E-state index contributed by atoms with van der Waals surface area (Å²) in [6.07, 6.45) is 4.43. The van der Waals surface area contributed by atoms with E-state index < -0.39 is 9.84 Å². The van der Waals surface area contributed by atoms with Gasteiger partial charge in [0.05, 0.1) is 21.7 Å². The number of carbonyl (C=O) groups excluding carboxylic acids is 1. The Morgan fingerprint density at radius 2 is 1.92 bits per heavy atom. The first-order valence-electron chi connectivity index (χ1n) is 12.5. The van der Waals surface area contributed by atoms with E-state index in [1.807, 2.05) is 20.2 Å². The molecule has 1 aliphatic rings. The van der Waals surface area contributed by atoms with Gasteiger partial charge in [0.15, 0.2) is 16.1 Å². The molecule has 1 fully saturated rings. The van der Waals surface area contributed by atoms with E-state index in [-0.39, 0.29) is 28.6 Å². The van der Waals surface area contributed by atoms with Crippen molar-refractivity contribution < 1.29 is 18.6 Å². The molecule has 1 aromatic carbocycles. The summed E-state index contributed by atoms with van der Waals surface area (Å²) in [5.74, 6) is 0.796. The Labute approximate surface area is 214 Å². The van der Waals surface area contributed by atoms with Crippen LogP contribution in [0, 0.1) is 11.3 Å². The number of rotatable bonds is 9. The Morgan fingerprint density at radius 1 is 1.25 bits per heavy atom. The van der Waals surface area contributed by atoms with Crippen LogP contribution in [-0.2, 0) is 27.6 Å². The van der Waals surface area contributed by atoms with Crippen molar-refractivity contribution >= 4 is 33.0 Å². The fourth-order valence-electron chi connectivity index (χ4n) is 4.60. The highest BCUT2D eigenvalue weighted by Gasteiger charge is 2.29. The Bertz CT molecular complexity index is 1230. The third-order valence-corrected chi connectivity index (χ3v) is 8.46. The van der Waals surface area contributed by atoms with E-state index in [4.69, 9.17) is 16.1 Å². The molecule has 1 aliphatic heterocycles. The molecule has 36 heavy (non-hydrogen) atoms. The number of imidazole rings is 1. The zero-order valence-corrected chi connectivity index (χ0v) is 23.0. The van der Waals surface area contributed by atoms with Crippen LogP contribution in [-0.4, -0.2) is 79.4 Å². The normalized spacial score (nSPS) is 16.2. The molecule has 1 aromatic heterocycles. The molecule has 0 aliphatic carbocycles. The minimum Gasteiger partial charge on any atom is -0.404 e. The Balaban J connectivity index is 1.78. The van der Waals surface area contributed by atoms with Gasteiger partial charge in [-0.1, -0.05) is 20.8 Å². The van der Waals surface area contributed by atoms with E-state index in [0.717, 1.165) is 30.9 Å². The topological polar surface area (TPSA) is 127 Å². The maximum Gasteiger partial charge on any atom is 0.261 e. The predicted molar refractivity (Wildman–Crippen MR) is 143 cm³/mol. The van der Waals surface area contributed by atoms with Crippen molar-refractivity contribution in [3.05, 3.63) is 35.8 Å². The minimum atomic E-state index is -3.50. The van der Waals surface area contributed by atoms with Crippen LogP contribution in [0.4, 0.5) is 0 Å². The molecular formula is C26H41N6O3S+. The maximum atomic E-state index is 13.3. The summed E-state index contributed by atoms with van der Waals surface area (Å²) in [5, 5.41) is 5.47. The summed E-state index contributed by atoms with van der Waals surface area (Å²) >= 11 is 0. The van der Waals surface area contributed by atoms with Gasteiger partial charge in [0.25, 0.3) is 5.91 Å². The van der Waals surface area contributed by atoms with Crippen molar-refractivity contribution in [2.45, 2.75) is 51.5 Å². The third-order valence-electron chi connectivity index (χ3n) is 6.58. The summed E-state index contributed by atoms with van der Waals surface area (Å²) in [6, 6.07) is 5.32. The molecule has 0 unspecified atom stereocenters. The van der Waals surface area contributed by atoms with Gasteiger partial charge >= 0.3 is 0 Å². The monoisotopic (exact) mass is 517 g/mol. The second-order valence-electron chi connectivity index (χ2n) is 11.2. The smallest absolute Gasteiger partial charge is 0.261 e. The van der Waals surface area contributed by atoms with Gasteiger partial charge in [0.1, 0.15) is 11.4 Å². The first kappa shape index (κ1) is 27.9. The van der Waals surface area contributed by atoms with Gasteiger partial charge in [-0.2, -0.15) is 0 Å². The van der Waals surface area contributed by atoms with Crippen LogP contribution in [0.1, 0.15) is 39.4 Å². The number of hydrogen-bond acceptors (Lipinski definition) is 6. The molecule has 3 rings (SSSR count). The van der Waals surface area contributed by atoms with Gasteiger partial charge in [-0.15, -0.1) is 0 Å². The lowest BCUT2D eigenvalue weighted by Crippen LogP contribution is -2.43. The zero-order valence-electron chi connectivity index (χ0n) is 22.2. The number of nitrogens with two attached hydrogens (primary N) is 2. The van der Waals surface area contributed by atoms with Crippen molar-refractivity contribution in [3.8, 4) is 0 Å². The lowest BCUT2D eigenvalue weighted by molar-refractivity contribution is -0.129. The van der Waals surface area contributed by atoms with Crippen molar-refractivity contribution in [1.29, 1.82) is 0 Å². The van der Waals surface area contributed by atoms with E-state index in [1.165, 1.54) is 12.4 Å². The molecule has 0 bridgehead atoms. The maximum absolute atomic E-state index is 13.3. The molecule has 1 amide bonds. The summed E-state index contributed by atoms with van der Waals surface area (Å²) in [6.45, 7) is 9.17. The highest BCUT2D eigenvalue weighted by atomic mass is 32.2. The lowest BCUT2D eigenvalue weighted by atomic mass is 9.92. The Morgan fingerprint density at radius 3 is 2.47 bits per heavy atom. The van der Waals surface area contributed by atoms with Crippen LogP contribution in [0.3, 0.4) is 0 Å². The number of sulfone groups is 1. The Hall–Kier alpha value is -2.72. The van der Waals surface area contributed by atoms with Crippen LogP contribution < -0.4 is 11.1 Å². The SMILES string of the molecule is CN(C)CCn1c(CC(C)(C)C)nc2cc(S(=O)(=O)CC3CCN(C(=O)C(C=[NH2+])=CN)CC3)ccc21. The molecule has 0 atom stereocenters. The van der Waals surface area contributed by atoms with Crippen LogP contribution in [0.2, 0.25) is 0 Å². The molecule has 0 spiro atoms. The van der Waals surface area contributed by atoms with E-state index in [2.05, 4.69) is 30.2 Å². The third kappa shape index (κ3) is 6.73. The second-order valence-corrected chi connectivity index (χ2v) is 13.2. The van der Waals surface area contributed by atoms with Crippen LogP contribution in [0.15, 0.2) is 34.9 Å². The molecule has 2 aromatic rings. The number of likely N-dealkylation sites (N-methyl/N-ethyl adjacent to an activating group) is 1. The molecule has 4 N–H and O–H groups in total. The predicted octanol–water partition coefficient (Wildman–Crippen LogP) is 0.871. The fourth-order valence-corrected chi connectivity index (χ4v) is 6.31. The number of benzene rings is 1. The summed E-state index contributed by atoms with van der Waals surface area (Å²) in [4.78, 5) is 21.4. The number of amides is 1. The molecular weight excluding hydrogens is 476 g/mol. The number of hydrogen-bond donors (Lipinski definition) is 2. The molecule has 2 heterocycles. The van der Waals surface area contributed by atoms with Crippen molar-refractivity contribution in [3.63, 3.8) is 0 Å². The van der Waals surface area contributed by atoms with Gasteiger partial charge in [-0.3, -0.25) is 10.2 Å². The zero-order chi connectivity index (χ0) is 26.7. The number of nitrogens with zero attached hydrogens (tertiary/aromatic N) is 4. The average Bonchev–Trinajstić information content (AvgIpc) is 3.13. The Kier molecular flexibility index (Phi) is 8.61. The van der Waals surface area contributed by atoms with Crippen LogP contribution in [0.5, 0.6) is 0 Å². The van der Waals surface area contributed by atoms with Gasteiger partial charge in [0, 0.05) is 38.8 Å². The van der Waals surface area contributed by atoms with E-state index in [0.29, 0.717) is 36.3 Å². The summed E-state index contributed by atoms with van der Waals surface area (Å²) in [5.41, 5.74) is 7.46. The van der Waals surface area contributed by atoms with Crippen molar-refractivity contribution in [2.24, 2.45) is 17.1 Å². The molecule has 9 nitrogen and oxygen atoms in total. The lowest BCUT2D eigenvalue weighted by Gasteiger charge is -2.31. The number of carbonyl (C=O) groups is 1. The van der Waals surface area contributed by atoms with E-state index in [9.17, 15) is 13.2 Å². The highest BCUT2D eigenvalue weighted by molar-refractivity contribution is 7.91. The van der Waals surface area contributed by atoms with Gasteiger partial charge in [0.2, 0.25) is 0 Å². The van der Waals surface area contributed by atoms with E-state index in [1.54, 1.807) is 17.0 Å². The molecule has 0 radical (unpaired) electrons. The van der Waals surface area contributed by atoms with Gasteiger partial charge < -0.3 is 20.1 Å². The average molecular weight is 518 g/mol. The molecule has 10 heteroatoms. The largest absolute Gasteiger partial charge is 0.404 e. The number of fused-ring (bicyclic) bond motifs is 1. The van der Waals surface area contributed by atoms with Gasteiger partial charge in [-0.05, 0) is 56.5 Å². The van der Waals surface area contributed by atoms with Crippen LogP contribution in [0.25, 0.3) is 11.0 Å². The van der Waals surface area contributed by atoms with Crippen molar-refractivity contribution in [2.75, 3.05) is 39.5 Å². The quantitative estimate of drug-likeness (QED) is 0.375. The number of piperidine rings is 1. The highest BCUT2D eigenvalue weighted by Crippen LogP contribution is 2.28. The number of likely N-dealkylation sites (tertiary alicyclic amines) is 1. The minimum absolute atomic E-state index is 0.0176. The van der Waals surface area contributed by atoms with Gasteiger partial charge in [-0.25, -0.2) is 13.4 Å². The number of aromatic nitrogens is 2. The first-order valence-corrected chi connectivity index (χ1v) is 14.1. The van der Waals surface area contributed by atoms with E-state index >= 15 is 0 Å². The standard InChI is InChI=1S/C26H40N6O3S/c1-26(2,3)15-24-29-22-14-21(6-7-23(22)32(24)13-12-30(4)5)36(34,35)18-19-8-10-31(11-9-19)25(33)20(16-27)17-28/h6-7,14,16-17,19,27H,8-13,15,18,28H2,1-5H3/p+1. The van der Waals surface area contributed by atoms with Crippen LogP contribution >= 0.6 is 0 Å². The fraction of sp³-hybridized carbons (Fsp3) is 0.577. The molecule has 1 saturated heterocycles. The second kappa shape index (κ2) is 11.1. The summed E-state index contributed by atoms with van der Waals surface area (Å²) in [7, 11) is 0.582. The molecule has 0 saturated carbocycles. The molecule has 198 valence electrons. The van der Waals surface area contributed by atoms with Crippen molar-refractivity contribution in [1.82, 2.24) is 19.4 Å².